The molecule has 0 spiro atoms. The molecule has 1 N–H and O–H groups in total. The molecule has 0 aliphatic carbocycles. The van der Waals surface area contributed by atoms with Gasteiger partial charge in [-0.15, -0.1) is 0 Å². The van der Waals surface area contributed by atoms with Gasteiger partial charge in [-0.3, -0.25) is 4.79 Å². The van der Waals surface area contributed by atoms with Crippen molar-refractivity contribution in [2.75, 3.05) is 20.8 Å². The standard InChI is InChI=1S/C13H19NO3/c1-9(2)14-8-13(15)10-5-11(16-3)7-12(6-10)17-4/h5-7,9,14H,8H2,1-4H3. The summed E-state index contributed by atoms with van der Waals surface area (Å²) in [5.41, 5.74) is 0.592. The Hall–Kier alpha value is -1.55. The van der Waals surface area contributed by atoms with Gasteiger partial charge in [-0.1, -0.05) is 13.8 Å². The number of carbonyl (C=O) groups is 1. The highest BCUT2D eigenvalue weighted by atomic mass is 16.5. The van der Waals surface area contributed by atoms with Gasteiger partial charge < -0.3 is 14.8 Å². The van der Waals surface area contributed by atoms with Crippen molar-refractivity contribution in [1.82, 2.24) is 5.32 Å². The highest BCUT2D eigenvalue weighted by Gasteiger charge is 2.10. The van der Waals surface area contributed by atoms with Crippen LogP contribution in [0.1, 0.15) is 24.2 Å². The lowest BCUT2D eigenvalue weighted by Crippen LogP contribution is -2.29. The van der Waals surface area contributed by atoms with E-state index in [4.69, 9.17) is 9.47 Å². The first kappa shape index (κ1) is 13.5. The molecular weight excluding hydrogens is 218 g/mol. The number of carbonyl (C=O) groups excluding carboxylic acids is 1. The second-order valence-corrected chi connectivity index (χ2v) is 4.06. The Labute approximate surface area is 102 Å². The average molecular weight is 237 g/mol. The average Bonchev–Trinajstić information content (AvgIpc) is 2.34. The quantitative estimate of drug-likeness (QED) is 0.767. The maximum Gasteiger partial charge on any atom is 0.176 e. The minimum Gasteiger partial charge on any atom is -0.497 e. The van der Waals surface area contributed by atoms with E-state index in [-0.39, 0.29) is 11.8 Å². The number of Topliss-reactive ketones (excluding diaryl/α,β-unsaturated/α-hetero) is 1. The largest absolute Gasteiger partial charge is 0.497 e. The topological polar surface area (TPSA) is 47.6 Å². The Morgan fingerprint density at radius 1 is 1.18 bits per heavy atom. The summed E-state index contributed by atoms with van der Waals surface area (Å²) in [7, 11) is 3.13. The van der Waals surface area contributed by atoms with Gasteiger partial charge in [0.2, 0.25) is 0 Å². The number of ketones is 1. The first-order chi connectivity index (χ1) is 8.06. The number of nitrogens with one attached hydrogen (secondary N) is 1. The summed E-state index contributed by atoms with van der Waals surface area (Å²) in [6.07, 6.45) is 0. The summed E-state index contributed by atoms with van der Waals surface area (Å²) in [6, 6.07) is 5.46. The first-order valence-electron chi connectivity index (χ1n) is 5.56. The molecule has 94 valence electrons. The lowest BCUT2D eigenvalue weighted by Gasteiger charge is -2.10. The summed E-state index contributed by atoms with van der Waals surface area (Å²) in [5, 5.41) is 3.09. The van der Waals surface area contributed by atoms with Gasteiger partial charge in [0.25, 0.3) is 0 Å². The molecule has 0 fully saturated rings. The maximum atomic E-state index is 11.9. The molecule has 0 atom stereocenters. The smallest absolute Gasteiger partial charge is 0.176 e. The summed E-state index contributed by atoms with van der Waals surface area (Å²) in [6.45, 7) is 4.31. The van der Waals surface area contributed by atoms with Crippen molar-refractivity contribution in [2.24, 2.45) is 0 Å². The van der Waals surface area contributed by atoms with Gasteiger partial charge in [0.15, 0.2) is 5.78 Å². The van der Waals surface area contributed by atoms with E-state index >= 15 is 0 Å². The predicted octanol–water partition coefficient (Wildman–Crippen LogP) is 1.88. The van der Waals surface area contributed by atoms with Gasteiger partial charge in [0.1, 0.15) is 11.5 Å². The fourth-order valence-corrected chi connectivity index (χ4v) is 1.37. The molecule has 1 aromatic carbocycles. The molecule has 0 bridgehead atoms. The number of ether oxygens (including phenoxy) is 2. The van der Waals surface area contributed by atoms with Crippen LogP contribution in [0.25, 0.3) is 0 Å². The fraction of sp³-hybridized carbons (Fsp3) is 0.462. The molecule has 0 aliphatic rings. The monoisotopic (exact) mass is 237 g/mol. The van der Waals surface area contributed by atoms with E-state index in [1.165, 1.54) is 0 Å². The number of benzene rings is 1. The van der Waals surface area contributed by atoms with Crippen molar-refractivity contribution < 1.29 is 14.3 Å². The zero-order valence-electron chi connectivity index (χ0n) is 10.7. The second-order valence-electron chi connectivity index (χ2n) is 4.06. The van der Waals surface area contributed by atoms with Crippen molar-refractivity contribution >= 4 is 5.78 Å². The number of hydrogen-bond donors (Lipinski definition) is 1. The van der Waals surface area contributed by atoms with Crippen LogP contribution in [0.3, 0.4) is 0 Å². The zero-order chi connectivity index (χ0) is 12.8. The van der Waals surface area contributed by atoms with E-state index in [0.29, 0.717) is 23.6 Å². The molecule has 0 unspecified atom stereocenters. The van der Waals surface area contributed by atoms with Crippen LogP contribution in [0.2, 0.25) is 0 Å². The molecule has 0 amide bonds. The maximum absolute atomic E-state index is 11.9. The van der Waals surface area contributed by atoms with Gasteiger partial charge in [0.05, 0.1) is 20.8 Å². The van der Waals surface area contributed by atoms with Crippen LogP contribution in [-0.4, -0.2) is 32.6 Å². The van der Waals surface area contributed by atoms with Gasteiger partial charge >= 0.3 is 0 Å². The fourth-order valence-electron chi connectivity index (χ4n) is 1.37. The highest BCUT2D eigenvalue weighted by Crippen LogP contribution is 2.22. The van der Waals surface area contributed by atoms with Crippen LogP contribution >= 0.6 is 0 Å². The third-order valence-electron chi connectivity index (χ3n) is 2.34. The Balaban J connectivity index is 2.84. The minimum absolute atomic E-state index is 0.0240. The summed E-state index contributed by atoms with van der Waals surface area (Å²) in [4.78, 5) is 11.9. The lowest BCUT2D eigenvalue weighted by atomic mass is 10.1. The SMILES string of the molecule is COc1cc(OC)cc(C(=O)CNC(C)C)c1. The lowest BCUT2D eigenvalue weighted by molar-refractivity contribution is 0.0988. The molecule has 4 heteroatoms. The summed E-state index contributed by atoms with van der Waals surface area (Å²) < 4.78 is 10.2. The van der Waals surface area contributed by atoms with E-state index in [2.05, 4.69) is 5.32 Å². The van der Waals surface area contributed by atoms with Crippen molar-refractivity contribution in [3.05, 3.63) is 23.8 Å². The Morgan fingerprint density at radius 3 is 2.12 bits per heavy atom. The van der Waals surface area contributed by atoms with Gasteiger partial charge in [-0.25, -0.2) is 0 Å². The molecule has 4 nitrogen and oxygen atoms in total. The molecule has 0 radical (unpaired) electrons. The normalized spacial score (nSPS) is 10.4. The van der Waals surface area contributed by atoms with Crippen LogP contribution in [-0.2, 0) is 0 Å². The zero-order valence-corrected chi connectivity index (χ0v) is 10.7. The van der Waals surface area contributed by atoms with E-state index in [9.17, 15) is 4.79 Å². The van der Waals surface area contributed by atoms with Crippen LogP contribution in [0.4, 0.5) is 0 Å². The molecule has 0 aromatic heterocycles. The highest BCUT2D eigenvalue weighted by molar-refractivity contribution is 5.98. The second kappa shape index (κ2) is 6.25. The van der Waals surface area contributed by atoms with Gasteiger partial charge in [-0.2, -0.15) is 0 Å². The van der Waals surface area contributed by atoms with Crippen LogP contribution in [0, 0.1) is 0 Å². The van der Waals surface area contributed by atoms with E-state index in [0.717, 1.165) is 0 Å². The molecule has 0 saturated heterocycles. The molecule has 1 aromatic rings. The van der Waals surface area contributed by atoms with Crippen LogP contribution < -0.4 is 14.8 Å². The Bertz CT molecular complexity index is 366. The Kier molecular flexibility index (Phi) is 4.97. The first-order valence-corrected chi connectivity index (χ1v) is 5.56. The van der Waals surface area contributed by atoms with Crippen molar-refractivity contribution in [3.8, 4) is 11.5 Å². The molecular formula is C13H19NO3. The Morgan fingerprint density at radius 2 is 1.71 bits per heavy atom. The van der Waals surface area contributed by atoms with Gasteiger partial charge in [0, 0.05) is 17.7 Å². The minimum atomic E-state index is 0.0240. The molecule has 0 saturated carbocycles. The predicted molar refractivity (Wildman–Crippen MR) is 67.0 cm³/mol. The van der Waals surface area contributed by atoms with Crippen LogP contribution in [0.5, 0.6) is 11.5 Å². The summed E-state index contributed by atoms with van der Waals surface area (Å²) >= 11 is 0. The number of hydrogen-bond acceptors (Lipinski definition) is 4. The third-order valence-corrected chi connectivity index (χ3v) is 2.34. The van der Waals surface area contributed by atoms with E-state index in [1.54, 1.807) is 32.4 Å². The van der Waals surface area contributed by atoms with Crippen molar-refractivity contribution in [1.29, 1.82) is 0 Å². The molecule has 17 heavy (non-hydrogen) atoms. The van der Waals surface area contributed by atoms with Gasteiger partial charge in [-0.05, 0) is 12.1 Å². The number of methoxy groups -OCH3 is 2. The van der Waals surface area contributed by atoms with Crippen molar-refractivity contribution in [3.63, 3.8) is 0 Å². The van der Waals surface area contributed by atoms with Crippen molar-refractivity contribution in [2.45, 2.75) is 19.9 Å². The van der Waals surface area contributed by atoms with E-state index in [1.807, 2.05) is 13.8 Å². The molecule has 1 rings (SSSR count). The number of rotatable bonds is 6. The van der Waals surface area contributed by atoms with E-state index < -0.39 is 0 Å². The molecule has 0 aliphatic heterocycles. The third kappa shape index (κ3) is 4.07. The molecule has 0 heterocycles. The summed E-state index contributed by atoms with van der Waals surface area (Å²) in [5.74, 6) is 1.27. The van der Waals surface area contributed by atoms with Crippen LogP contribution in [0.15, 0.2) is 18.2 Å².